The van der Waals surface area contributed by atoms with Crippen molar-refractivity contribution in [3.05, 3.63) is 12.2 Å². The molecule has 0 aromatic rings. The predicted molar refractivity (Wildman–Crippen MR) is 41.5 cm³/mol. The lowest BCUT2D eigenvalue weighted by atomic mass is 10.2. The minimum Gasteiger partial charge on any atom is -0.479 e. The minimum atomic E-state index is -1.16. The summed E-state index contributed by atoms with van der Waals surface area (Å²) in [4.78, 5) is 20.8. The van der Waals surface area contributed by atoms with Crippen molar-refractivity contribution in [2.75, 3.05) is 6.61 Å². The number of hydrogen-bond donors (Lipinski definition) is 3. The van der Waals surface area contributed by atoms with Gasteiger partial charge in [0.05, 0.1) is 6.61 Å². The van der Waals surface area contributed by atoms with Gasteiger partial charge in [0.25, 0.3) is 0 Å². The highest BCUT2D eigenvalue weighted by molar-refractivity contribution is 5.83. The summed E-state index contributed by atoms with van der Waals surface area (Å²) in [5.41, 5.74) is 0. The molecule has 0 saturated heterocycles. The molecule has 0 aromatic carbocycles. The highest BCUT2D eigenvalue weighted by atomic mass is 16.4. The molecule has 0 saturated carbocycles. The van der Waals surface area contributed by atoms with E-state index >= 15 is 0 Å². The van der Waals surface area contributed by atoms with E-state index in [0.29, 0.717) is 0 Å². The molecule has 0 spiro atoms. The van der Waals surface area contributed by atoms with Crippen LogP contribution in [0.5, 0.6) is 0 Å². The molecule has 0 radical (unpaired) electrons. The van der Waals surface area contributed by atoms with Gasteiger partial charge in [-0.2, -0.15) is 0 Å². The van der Waals surface area contributed by atoms with E-state index in [1.165, 1.54) is 19.1 Å². The number of carboxylic acid groups (broad SMARTS) is 1. The van der Waals surface area contributed by atoms with Gasteiger partial charge in [-0.1, -0.05) is 12.2 Å². The second-order valence-corrected chi connectivity index (χ2v) is 2.13. The van der Waals surface area contributed by atoms with Crippen molar-refractivity contribution in [1.29, 1.82) is 0 Å². The highest BCUT2D eigenvalue weighted by Gasteiger charge is 2.13. The molecule has 0 aromatic heterocycles. The molecule has 0 fully saturated rings. The molecule has 1 amide bonds. The van der Waals surface area contributed by atoms with Gasteiger partial charge in [-0.3, -0.25) is 4.79 Å². The number of aliphatic hydroxyl groups excluding tert-OH is 1. The summed E-state index contributed by atoms with van der Waals surface area (Å²) >= 11 is 0. The second-order valence-electron chi connectivity index (χ2n) is 2.13. The Bertz CT molecular complexity index is 200. The fourth-order valence-corrected chi connectivity index (χ4v) is 0.608. The summed E-state index contributed by atoms with van der Waals surface area (Å²) in [5.74, 6) is -1.58. The van der Waals surface area contributed by atoms with Crippen molar-refractivity contribution >= 4 is 11.9 Å². The smallest absolute Gasteiger partial charge is 0.330 e. The normalized spacial score (nSPS) is 12.8. The molecule has 0 rings (SSSR count). The van der Waals surface area contributed by atoms with E-state index in [1.54, 1.807) is 0 Å². The van der Waals surface area contributed by atoms with E-state index in [1.807, 2.05) is 0 Å². The van der Waals surface area contributed by atoms with Crippen LogP contribution in [0.1, 0.15) is 6.92 Å². The topological polar surface area (TPSA) is 86.6 Å². The van der Waals surface area contributed by atoms with Crippen molar-refractivity contribution < 1.29 is 19.8 Å². The van der Waals surface area contributed by atoms with Crippen LogP contribution in [0.3, 0.4) is 0 Å². The van der Waals surface area contributed by atoms with Crippen LogP contribution in [0.25, 0.3) is 0 Å². The first-order valence-corrected chi connectivity index (χ1v) is 3.35. The predicted octanol–water partition coefficient (Wildman–Crippen LogP) is -0.876. The van der Waals surface area contributed by atoms with Crippen molar-refractivity contribution in [3.63, 3.8) is 0 Å². The zero-order chi connectivity index (χ0) is 9.56. The van der Waals surface area contributed by atoms with Gasteiger partial charge in [-0.25, -0.2) is 4.79 Å². The van der Waals surface area contributed by atoms with E-state index in [0.717, 1.165) is 0 Å². The van der Waals surface area contributed by atoms with Crippen molar-refractivity contribution in [2.24, 2.45) is 0 Å². The fourth-order valence-electron chi connectivity index (χ4n) is 0.608. The highest BCUT2D eigenvalue weighted by Crippen LogP contribution is 1.86. The van der Waals surface area contributed by atoms with Crippen LogP contribution >= 0.6 is 0 Å². The van der Waals surface area contributed by atoms with E-state index < -0.39 is 17.9 Å². The maximum absolute atomic E-state index is 10.5. The van der Waals surface area contributed by atoms with Gasteiger partial charge >= 0.3 is 5.97 Å². The molecular weight excluding hydrogens is 162 g/mol. The Morgan fingerprint density at radius 3 is 2.50 bits per heavy atom. The van der Waals surface area contributed by atoms with Crippen molar-refractivity contribution in [3.8, 4) is 0 Å². The van der Waals surface area contributed by atoms with Gasteiger partial charge in [0.15, 0.2) is 0 Å². The third-order valence-electron chi connectivity index (χ3n) is 1.06. The van der Waals surface area contributed by atoms with Crippen LogP contribution in [0.4, 0.5) is 0 Å². The van der Waals surface area contributed by atoms with Crippen LogP contribution in [0, 0.1) is 0 Å². The quantitative estimate of drug-likeness (QED) is 0.482. The molecule has 0 aliphatic heterocycles. The number of carbonyl (C=O) groups is 2. The average molecular weight is 173 g/mol. The summed E-state index contributed by atoms with van der Waals surface area (Å²) in [6.45, 7) is 0.978. The van der Waals surface area contributed by atoms with Gasteiger partial charge < -0.3 is 15.5 Å². The molecule has 1 atom stereocenters. The van der Waals surface area contributed by atoms with E-state index in [-0.39, 0.29) is 6.61 Å². The Morgan fingerprint density at radius 2 is 2.17 bits per heavy atom. The lowest BCUT2D eigenvalue weighted by Crippen LogP contribution is -2.37. The van der Waals surface area contributed by atoms with Crippen LogP contribution in [0.15, 0.2) is 12.2 Å². The van der Waals surface area contributed by atoms with Gasteiger partial charge in [0, 0.05) is 6.92 Å². The van der Waals surface area contributed by atoms with E-state index in [4.69, 9.17) is 10.2 Å². The number of rotatable bonds is 4. The Morgan fingerprint density at radius 1 is 1.58 bits per heavy atom. The lowest BCUT2D eigenvalue weighted by molar-refractivity contribution is -0.140. The molecule has 68 valence electrons. The molecule has 5 heteroatoms. The molecule has 0 bridgehead atoms. The number of hydrogen-bond acceptors (Lipinski definition) is 3. The second kappa shape index (κ2) is 5.31. The average Bonchev–Trinajstić information content (AvgIpc) is 1.96. The summed E-state index contributed by atoms with van der Waals surface area (Å²) in [5, 5.41) is 19.0. The molecule has 5 nitrogen and oxygen atoms in total. The third-order valence-corrected chi connectivity index (χ3v) is 1.06. The van der Waals surface area contributed by atoms with Crippen molar-refractivity contribution in [1.82, 2.24) is 5.32 Å². The first kappa shape index (κ1) is 10.6. The Labute approximate surface area is 69.7 Å². The zero-order valence-electron chi connectivity index (χ0n) is 6.65. The standard InChI is InChI=1S/C7H11NO4/c1-5(10)8-6(7(11)12)3-2-4-9/h2-3,6,9H,4H2,1H3,(H,8,10)(H,11,12)/b3-2+. The van der Waals surface area contributed by atoms with Gasteiger partial charge in [-0.15, -0.1) is 0 Å². The molecule has 0 aliphatic carbocycles. The molecule has 3 N–H and O–H groups in total. The minimum absolute atomic E-state index is 0.247. The lowest BCUT2D eigenvalue weighted by Gasteiger charge is -2.07. The van der Waals surface area contributed by atoms with Gasteiger partial charge in [-0.05, 0) is 0 Å². The molecule has 12 heavy (non-hydrogen) atoms. The maximum Gasteiger partial charge on any atom is 0.330 e. The third kappa shape index (κ3) is 4.45. The Hall–Kier alpha value is -1.36. The monoisotopic (exact) mass is 173 g/mol. The Balaban J connectivity index is 4.14. The van der Waals surface area contributed by atoms with Crippen LogP contribution in [-0.4, -0.2) is 34.7 Å². The van der Waals surface area contributed by atoms with Crippen LogP contribution < -0.4 is 5.32 Å². The fraction of sp³-hybridized carbons (Fsp3) is 0.429. The van der Waals surface area contributed by atoms with Crippen molar-refractivity contribution in [2.45, 2.75) is 13.0 Å². The van der Waals surface area contributed by atoms with Crippen LogP contribution in [-0.2, 0) is 9.59 Å². The molecule has 0 heterocycles. The summed E-state index contributed by atoms with van der Waals surface area (Å²) < 4.78 is 0. The summed E-state index contributed by atoms with van der Waals surface area (Å²) in [6.07, 6.45) is 2.47. The van der Waals surface area contributed by atoms with Crippen LogP contribution in [0.2, 0.25) is 0 Å². The zero-order valence-corrected chi connectivity index (χ0v) is 6.65. The van der Waals surface area contributed by atoms with E-state index in [9.17, 15) is 9.59 Å². The number of amides is 1. The first-order chi connectivity index (χ1) is 5.57. The summed E-state index contributed by atoms with van der Waals surface area (Å²) in [7, 11) is 0. The number of nitrogens with one attached hydrogen (secondary N) is 1. The van der Waals surface area contributed by atoms with E-state index in [2.05, 4.69) is 5.32 Å². The first-order valence-electron chi connectivity index (χ1n) is 3.35. The largest absolute Gasteiger partial charge is 0.479 e. The number of carbonyl (C=O) groups excluding carboxylic acids is 1. The SMILES string of the molecule is CC(=O)NC(/C=C/CO)C(=O)O. The molecule has 1 unspecified atom stereocenters. The Kier molecular flexibility index (Phi) is 4.71. The number of aliphatic hydroxyl groups is 1. The number of carboxylic acids is 1. The van der Waals surface area contributed by atoms with Gasteiger partial charge in [0.1, 0.15) is 6.04 Å². The number of aliphatic carboxylic acids is 1. The summed E-state index contributed by atoms with van der Waals surface area (Å²) in [6, 6.07) is -1.06. The maximum atomic E-state index is 10.5. The molecule has 0 aliphatic rings. The molecular formula is C7H11NO4. The van der Waals surface area contributed by atoms with Gasteiger partial charge in [0.2, 0.25) is 5.91 Å².